The van der Waals surface area contributed by atoms with Crippen molar-refractivity contribution in [2.24, 2.45) is 0 Å². The summed E-state index contributed by atoms with van der Waals surface area (Å²) in [6, 6.07) is 7.04. The molecule has 3 nitrogen and oxygen atoms in total. The van der Waals surface area contributed by atoms with Crippen molar-refractivity contribution < 1.29 is 4.74 Å². The number of nitrogens with one attached hydrogen (secondary N) is 1. The van der Waals surface area contributed by atoms with E-state index in [1.165, 1.54) is 17.5 Å². The third-order valence-corrected chi connectivity index (χ3v) is 4.59. The zero-order valence-corrected chi connectivity index (χ0v) is 12.9. The van der Waals surface area contributed by atoms with Crippen molar-refractivity contribution in [1.82, 2.24) is 10.2 Å². The summed E-state index contributed by atoms with van der Waals surface area (Å²) >= 11 is 0. The zero-order chi connectivity index (χ0) is 14.2. The number of likely N-dealkylation sites (tertiary alicyclic amines) is 1. The molecule has 1 aromatic carbocycles. The smallest absolute Gasteiger partial charge is 0.125 e. The Balaban J connectivity index is 1.91. The zero-order valence-electron chi connectivity index (χ0n) is 12.9. The summed E-state index contributed by atoms with van der Waals surface area (Å²) in [7, 11) is 2.19. The first-order chi connectivity index (χ1) is 9.62. The Morgan fingerprint density at radius 1 is 1.45 bits per heavy atom. The van der Waals surface area contributed by atoms with Crippen LogP contribution in [0.3, 0.4) is 0 Å². The third kappa shape index (κ3) is 2.57. The Morgan fingerprint density at radius 2 is 2.30 bits per heavy atom. The van der Waals surface area contributed by atoms with Crippen LogP contribution in [0.1, 0.15) is 43.4 Å². The Kier molecular flexibility index (Phi) is 3.74. The fourth-order valence-electron chi connectivity index (χ4n) is 3.59. The first kappa shape index (κ1) is 13.9. The van der Waals surface area contributed by atoms with Crippen molar-refractivity contribution in [3.05, 3.63) is 29.3 Å². The second-order valence-corrected chi connectivity index (χ2v) is 6.52. The van der Waals surface area contributed by atoms with Gasteiger partial charge in [0.05, 0.1) is 0 Å². The van der Waals surface area contributed by atoms with E-state index in [1.54, 1.807) is 0 Å². The summed E-state index contributed by atoms with van der Waals surface area (Å²) in [4.78, 5) is 2.38. The van der Waals surface area contributed by atoms with E-state index in [0.717, 1.165) is 38.2 Å². The van der Waals surface area contributed by atoms with Gasteiger partial charge in [0.1, 0.15) is 11.4 Å². The molecule has 1 fully saturated rings. The average Bonchev–Trinajstić information content (AvgIpc) is 2.77. The van der Waals surface area contributed by atoms with Gasteiger partial charge in [-0.25, -0.2) is 0 Å². The van der Waals surface area contributed by atoms with Crippen LogP contribution in [0.2, 0.25) is 0 Å². The lowest BCUT2D eigenvalue weighted by atomic mass is 9.86. The van der Waals surface area contributed by atoms with Gasteiger partial charge in [-0.05, 0) is 33.0 Å². The van der Waals surface area contributed by atoms with E-state index in [1.807, 2.05) is 0 Å². The predicted octanol–water partition coefficient (Wildman–Crippen LogP) is 2.89. The van der Waals surface area contributed by atoms with E-state index in [-0.39, 0.29) is 5.60 Å². The van der Waals surface area contributed by atoms with Crippen molar-refractivity contribution >= 4 is 0 Å². The van der Waals surface area contributed by atoms with Gasteiger partial charge < -0.3 is 15.0 Å². The number of hydrogen-bond acceptors (Lipinski definition) is 3. The third-order valence-electron chi connectivity index (χ3n) is 4.59. The maximum Gasteiger partial charge on any atom is 0.125 e. The molecule has 2 heterocycles. The van der Waals surface area contributed by atoms with E-state index in [2.05, 4.69) is 49.3 Å². The highest BCUT2D eigenvalue weighted by molar-refractivity contribution is 5.42. The van der Waals surface area contributed by atoms with Crippen LogP contribution >= 0.6 is 0 Å². The summed E-state index contributed by atoms with van der Waals surface area (Å²) in [5, 5.41) is 3.72. The van der Waals surface area contributed by atoms with Crippen LogP contribution in [0.25, 0.3) is 0 Å². The first-order valence-electron chi connectivity index (χ1n) is 7.83. The molecule has 110 valence electrons. The van der Waals surface area contributed by atoms with Gasteiger partial charge in [0, 0.05) is 37.5 Å². The van der Waals surface area contributed by atoms with Gasteiger partial charge >= 0.3 is 0 Å². The molecule has 1 spiro atoms. The van der Waals surface area contributed by atoms with Crippen LogP contribution in [-0.4, -0.2) is 37.2 Å². The maximum atomic E-state index is 6.43. The highest BCUT2D eigenvalue weighted by Crippen LogP contribution is 2.43. The Morgan fingerprint density at radius 3 is 3.00 bits per heavy atom. The lowest BCUT2D eigenvalue weighted by molar-refractivity contribution is 0.0408. The molecular weight excluding hydrogens is 248 g/mol. The highest BCUT2D eigenvalue weighted by atomic mass is 16.5. The predicted molar refractivity (Wildman–Crippen MR) is 82.3 cm³/mol. The van der Waals surface area contributed by atoms with Gasteiger partial charge in [-0.15, -0.1) is 0 Å². The van der Waals surface area contributed by atoms with Crippen LogP contribution in [0.15, 0.2) is 18.2 Å². The summed E-state index contributed by atoms with van der Waals surface area (Å²) in [6.45, 7) is 7.64. The van der Waals surface area contributed by atoms with Crippen molar-refractivity contribution in [2.75, 3.05) is 26.7 Å². The molecule has 0 amide bonds. The number of benzene rings is 1. The molecule has 2 aliphatic heterocycles. The number of rotatable bonds is 3. The van der Waals surface area contributed by atoms with Gasteiger partial charge in [0.15, 0.2) is 0 Å². The van der Waals surface area contributed by atoms with E-state index < -0.39 is 0 Å². The van der Waals surface area contributed by atoms with E-state index in [9.17, 15) is 0 Å². The molecule has 3 heteroatoms. The lowest BCUT2D eigenvalue weighted by Crippen LogP contribution is -2.46. The molecule has 0 aromatic heterocycles. The van der Waals surface area contributed by atoms with Crippen LogP contribution in [0, 0.1) is 6.92 Å². The van der Waals surface area contributed by atoms with Gasteiger partial charge in [-0.2, -0.15) is 0 Å². The van der Waals surface area contributed by atoms with Gasteiger partial charge in [-0.3, -0.25) is 0 Å². The molecule has 0 saturated carbocycles. The molecule has 2 atom stereocenters. The molecule has 0 aliphatic carbocycles. The van der Waals surface area contributed by atoms with E-state index in [0.29, 0.717) is 6.04 Å². The normalized spacial score (nSPS) is 29.4. The SMILES string of the molecule is CCCNC1CC2(CCN(C)C2)Oc2ccc(C)cc21. The molecule has 20 heavy (non-hydrogen) atoms. The second kappa shape index (κ2) is 5.38. The van der Waals surface area contributed by atoms with Gasteiger partial charge in [0.2, 0.25) is 0 Å². The second-order valence-electron chi connectivity index (χ2n) is 6.52. The average molecular weight is 274 g/mol. The molecule has 2 unspecified atom stereocenters. The lowest BCUT2D eigenvalue weighted by Gasteiger charge is -2.40. The number of aryl methyl sites for hydroxylation is 1. The molecule has 1 saturated heterocycles. The fraction of sp³-hybridized carbons (Fsp3) is 0.647. The Bertz CT molecular complexity index is 488. The summed E-state index contributed by atoms with van der Waals surface area (Å²) in [6.07, 6.45) is 3.40. The van der Waals surface area contributed by atoms with E-state index in [4.69, 9.17) is 4.74 Å². The van der Waals surface area contributed by atoms with Crippen molar-refractivity contribution in [3.8, 4) is 5.75 Å². The van der Waals surface area contributed by atoms with E-state index >= 15 is 0 Å². The largest absolute Gasteiger partial charge is 0.485 e. The minimum Gasteiger partial charge on any atom is -0.485 e. The number of nitrogens with zero attached hydrogens (tertiary/aromatic N) is 1. The minimum atomic E-state index is 0.0163. The highest BCUT2D eigenvalue weighted by Gasteiger charge is 2.44. The standard InChI is InChI=1S/C17H26N2O/c1-4-8-18-15-11-17(7-9-19(3)12-17)20-16-6-5-13(2)10-14(15)16/h5-6,10,15,18H,4,7-9,11-12H2,1-3H3. The van der Waals surface area contributed by atoms with Gasteiger partial charge in [-0.1, -0.05) is 24.6 Å². The number of fused-ring (bicyclic) bond motifs is 1. The molecule has 2 aliphatic rings. The monoisotopic (exact) mass is 274 g/mol. The fourth-order valence-corrected chi connectivity index (χ4v) is 3.59. The number of likely N-dealkylation sites (N-methyl/N-ethyl adjacent to an activating group) is 1. The Labute approximate surface area is 122 Å². The quantitative estimate of drug-likeness (QED) is 0.917. The summed E-state index contributed by atoms with van der Waals surface area (Å²) < 4.78 is 6.43. The van der Waals surface area contributed by atoms with Crippen LogP contribution in [-0.2, 0) is 0 Å². The topological polar surface area (TPSA) is 24.5 Å². The van der Waals surface area contributed by atoms with Crippen LogP contribution in [0.5, 0.6) is 5.75 Å². The van der Waals surface area contributed by atoms with Crippen molar-refractivity contribution in [3.63, 3.8) is 0 Å². The molecule has 1 N–H and O–H groups in total. The Hall–Kier alpha value is -1.06. The van der Waals surface area contributed by atoms with Gasteiger partial charge in [0.25, 0.3) is 0 Å². The molecule has 0 radical (unpaired) electrons. The summed E-state index contributed by atoms with van der Waals surface area (Å²) in [5.41, 5.74) is 2.68. The summed E-state index contributed by atoms with van der Waals surface area (Å²) in [5.74, 6) is 1.09. The maximum absolute atomic E-state index is 6.43. The molecule has 0 bridgehead atoms. The molecule has 3 rings (SSSR count). The van der Waals surface area contributed by atoms with Crippen LogP contribution in [0.4, 0.5) is 0 Å². The number of hydrogen-bond donors (Lipinski definition) is 1. The number of ether oxygens (including phenoxy) is 1. The minimum absolute atomic E-state index is 0.0163. The molecular formula is C17H26N2O. The van der Waals surface area contributed by atoms with Crippen molar-refractivity contribution in [1.29, 1.82) is 0 Å². The van der Waals surface area contributed by atoms with Crippen molar-refractivity contribution in [2.45, 2.75) is 44.8 Å². The first-order valence-corrected chi connectivity index (χ1v) is 7.83. The molecule has 1 aromatic rings. The van der Waals surface area contributed by atoms with Crippen LogP contribution < -0.4 is 10.1 Å².